The number of rotatable bonds is 5. The van der Waals surface area contributed by atoms with E-state index in [4.69, 9.17) is 4.74 Å². The molecule has 0 unspecified atom stereocenters. The molecule has 33 heavy (non-hydrogen) atoms. The van der Waals surface area contributed by atoms with Crippen LogP contribution in [0.15, 0.2) is 83.2 Å². The number of hydrogen-bond acceptors (Lipinski definition) is 4. The lowest BCUT2D eigenvalue weighted by molar-refractivity contribution is -0.133. The van der Waals surface area contributed by atoms with E-state index in [1.54, 1.807) is 19.2 Å². The maximum Gasteiger partial charge on any atom is 0.229 e. The number of ether oxygens (including phenoxy) is 1. The third kappa shape index (κ3) is 3.80. The number of hydrogen-bond donors (Lipinski definition) is 1. The van der Waals surface area contributed by atoms with Crippen LogP contribution >= 0.6 is 0 Å². The Kier molecular flexibility index (Phi) is 5.44. The summed E-state index contributed by atoms with van der Waals surface area (Å²) in [5, 5.41) is 1.99. The van der Waals surface area contributed by atoms with Crippen LogP contribution < -0.4 is 15.2 Å². The Bertz CT molecular complexity index is 1180. The van der Waals surface area contributed by atoms with Gasteiger partial charge in [-0.05, 0) is 72.0 Å². The summed E-state index contributed by atoms with van der Waals surface area (Å²) in [7, 11) is 3.53. The molecule has 1 N–H and O–H groups in total. The number of methoxy groups -OCH3 is 1. The van der Waals surface area contributed by atoms with Crippen molar-refractivity contribution in [2.75, 3.05) is 19.2 Å². The van der Waals surface area contributed by atoms with Crippen molar-refractivity contribution in [2.45, 2.75) is 26.3 Å². The van der Waals surface area contributed by atoms with Gasteiger partial charge in [0.2, 0.25) is 5.91 Å². The second kappa shape index (κ2) is 8.43. The lowest BCUT2D eigenvalue weighted by Gasteiger charge is -2.31. The second-order valence-corrected chi connectivity index (χ2v) is 8.91. The van der Waals surface area contributed by atoms with E-state index in [0.29, 0.717) is 6.54 Å². The Morgan fingerprint density at radius 1 is 1.24 bits per heavy atom. The summed E-state index contributed by atoms with van der Waals surface area (Å²) < 4.78 is 18.7. The van der Waals surface area contributed by atoms with Crippen molar-refractivity contribution in [3.05, 3.63) is 94.6 Å². The van der Waals surface area contributed by atoms with Gasteiger partial charge in [0.05, 0.1) is 24.4 Å². The van der Waals surface area contributed by atoms with E-state index in [1.165, 1.54) is 23.3 Å². The van der Waals surface area contributed by atoms with Crippen LogP contribution in [-0.2, 0) is 11.3 Å². The van der Waals surface area contributed by atoms with Gasteiger partial charge in [-0.15, -0.1) is 0 Å². The molecule has 1 amide bonds. The molecule has 170 valence electrons. The molecule has 2 atom stereocenters. The van der Waals surface area contributed by atoms with Crippen molar-refractivity contribution >= 4 is 11.6 Å². The number of amides is 1. The molecule has 5 nitrogen and oxygen atoms in total. The fourth-order valence-corrected chi connectivity index (χ4v) is 5.24. The summed E-state index contributed by atoms with van der Waals surface area (Å²) in [5.41, 5.74) is 9.96. The SMILES string of the molecule is COc1cccc(CN(C)C(=O)[C@H]2CCC3=C2[C@@H](C)C2=CNN(c4ccc(F)cc4)C2=C3)c1. The molecular formula is C27H28FN3O2. The van der Waals surface area contributed by atoms with Crippen LogP contribution in [0.25, 0.3) is 0 Å². The lowest BCUT2D eigenvalue weighted by atomic mass is 9.80. The molecule has 0 fully saturated rings. The fourth-order valence-electron chi connectivity index (χ4n) is 5.24. The van der Waals surface area contributed by atoms with Crippen molar-refractivity contribution in [3.8, 4) is 5.75 Å². The van der Waals surface area contributed by atoms with E-state index in [9.17, 15) is 9.18 Å². The largest absolute Gasteiger partial charge is 0.497 e. The summed E-state index contributed by atoms with van der Waals surface area (Å²) in [6, 6.07) is 14.3. The Labute approximate surface area is 193 Å². The first-order valence-corrected chi connectivity index (χ1v) is 11.3. The number of anilines is 1. The highest BCUT2D eigenvalue weighted by Crippen LogP contribution is 2.48. The van der Waals surface area contributed by atoms with Gasteiger partial charge in [-0.2, -0.15) is 0 Å². The minimum atomic E-state index is -0.252. The molecule has 1 heterocycles. The number of carbonyl (C=O) groups excluding carboxylic acids is 1. The van der Waals surface area contributed by atoms with E-state index in [2.05, 4.69) is 18.4 Å². The van der Waals surface area contributed by atoms with Crippen LogP contribution in [0.2, 0.25) is 0 Å². The van der Waals surface area contributed by atoms with Gasteiger partial charge in [-0.1, -0.05) is 19.1 Å². The van der Waals surface area contributed by atoms with Gasteiger partial charge in [0.15, 0.2) is 0 Å². The molecule has 0 saturated heterocycles. The van der Waals surface area contributed by atoms with Crippen LogP contribution in [0.4, 0.5) is 10.1 Å². The molecule has 0 bridgehead atoms. The van der Waals surface area contributed by atoms with Gasteiger partial charge in [0.25, 0.3) is 0 Å². The highest BCUT2D eigenvalue weighted by molar-refractivity contribution is 5.84. The molecule has 2 aromatic carbocycles. The fraction of sp³-hybridized carbons (Fsp3) is 0.296. The summed E-state index contributed by atoms with van der Waals surface area (Å²) in [4.78, 5) is 15.3. The van der Waals surface area contributed by atoms with Crippen LogP contribution in [-0.4, -0.2) is 25.0 Å². The summed E-state index contributed by atoms with van der Waals surface area (Å²) in [6.07, 6.45) is 5.91. The smallest absolute Gasteiger partial charge is 0.229 e. The number of allylic oxidation sites excluding steroid dienone is 3. The average Bonchev–Trinajstić information content (AvgIpc) is 3.44. The molecule has 1 aliphatic heterocycles. The number of carbonyl (C=O) groups is 1. The molecule has 2 aliphatic carbocycles. The molecule has 6 heteroatoms. The molecule has 2 aromatic rings. The number of benzene rings is 2. The van der Waals surface area contributed by atoms with Gasteiger partial charge >= 0.3 is 0 Å². The predicted molar refractivity (Wildman–Crippen MR) is 127 cm³/mol. The second-order valence-electron chi connectivity index (χ2n) is 8.91. The number of nitrogens with one attached hydrogen (secondary N) is 1. The Morgan fingerprint density at radius 2 is 2.03 bits per heavy atom. The average molecular weight is 446 g/mol. The maximum atomic E-state index is 13.5. The van der Waals surface area contributed by atoms with Crippen LogP contribution in [0, 0.1) is 17.7 Å². The first-order chi connectivity index (χ1) is 16.0. The number of fused-ring (bicyclic) bond motifs is 1. The monoisotopic (exact) mass is 445 g/mol. The predicted octanol–water partition coefficient (Wildman–Crippen LogP) is 4.94. The van der Waals surface area contributed by atoms with Gasteiger partial charge < -0.3 is 15.1 Å². The lowest BCUT2D eigenvalue weighted by Crippen LogP contribution is -2.34. The molecule has 0 aromatic heterocycles. The quantitative estimate of drug-likeness (QED) is 0.708. The van der Waals surface area contributed by atoms with Crippen LogP contribution in [0.5, 0.6) is 5.75 Å². The minimum Gasteiger partial charge on any atom is -0.497 e. The van der Waals surface area contributed by atoms with Gasteiger partial charge in [-0.3, -0.25) is 9.80 Å². The van der Waals surface area contributed by atoms with E-state index < -0.39 is 0 Å². The van der Waals surface area contributed by atoms with Gasteiger partial charge in [0, 0.05) is 31.3 Å². The van der Waals surface area contributed by atoms with Crippen molar-refractivity contribution in [3.63, 3.8) is 0 Å². The van der Waals surface area contributed by atoms with Gasteiger partial charge in [0.1, 0.15) is 11.6 Å². The van der Waals surface area contributed by atoms with Crippen molar-refractivity contribution in [1.82, 2.24) is 10.3 Å². The third-order valence-electron chi connectivity index (χ3n) is 6.89. The summed E-state index contributed by atoms with van der Waals surface area (Å²) in [6.45, 7) is 2.73. The molecule has 3 aliphatic rings. The topological polar surface area (TPSA) is 44.8 Å². The Hall–Kier alpha value is -3.54. The maximum absolute atomic E-state index is 13.5. The van der Waals surface area contributed by atoms with E-state index >= 15 is 0 Å². The van der Waals surface area contributed by atoms with Crippen molar-refractivity contribution in [1.29, 1.82) is 0 Å². The summed E-state index contributed by atoms with van der Waals surface area (Å²) in [5.74, 6) is 0.735. The first kappa shape index (κ1) is 21.3. The van der Waals surface area contributed by atoms with E-state index in [-0.39, 0.29) is 23.6 Å². The number of nitrogens with zero attached hydrogens (tertiary/aromatic N) is 2. The van der Waals surface area contributed by atoms with Gasteiger partial charge in [-0.25, -0.2) is 4.39 Å². The van der Waals surface area contributed by atoms with Crippen LogP contribution in [0.3, 0.4) is 0 Å². The normalized spacial score (nSPS) is 21.2. The number of hydrazine groups is 1. The zero-order chi connectivity index (χ0) is 23.1. The van der Waals surface area contributed by atoms with E-state index in [1.807, 2.05) is 47.4 Å². The first-order valence-electron chi connectivity index (χ1n) is 11.3. The molecule has 0 radical (unpaired) electrons. The molecular weight excluding hydrogens is 417 g/mol. The van der Waals surface area contributed by atoms with E-state index in [0.717, 1.165) is 41.1 Å². The molecule has 0 saturated carbocycles. The zero-order valence-corrected chi connectivity index (χ0v) is 19.1. The zero-order valence-electron chi connectivity index (χ0n) is 19.1. The Morgan fingerprint density at radius 3 is 2.79 bits per heavy atom. The van der Waals surface area contributed by atoms with Crippen molar-refractivity contribution in [2.24, 2.45) is 11.8 Å². The number of halogens is 1. The minimum absolute atomic E-state index is 0.107. The highest BCUT2D eigenvalue weighted by atomic mass is 19.1. The standard InChI is InChI=1S/C27H28FN3O2/c1-17-24-15-29-31(21-10-8-20(28)9-11-21)25(24)14-19-7-12-23(26(17)19)27(32)30(2)16-18-5-4-6-22(13-18)33-3/h4-6,8-11,13-15,17,23,29H,7,12,16H2,1-3H3/t17-,23-/m0/s1. The highest BCUT2D eigenvalue weighted by Gasteiger charge is 2.41. The third-order valence-corrected chi connectivity index (χ3v) is 6.89. The van der Waals surface area contributed by atoms with Crippen molar-refractivity contribution < 1.29 is 13.9 Å². The summed E-state index contributed by atoms with van der Waals surface area (Å²) >= 11 is 0. The van der Waals surface area contributed by atoms with Crippen LogP contribution in [0.1, 0.15) is 25.3 Å². The Balaban J connectivity index is 1.38. The molecule has 0 spiro atoms. The molecule has 5 rings (SSSR count).